The number of para-hydroxylation sites is 2. The molecule has 4 heteroatoms. The van der Waals surface area contributed by atoms with E-state index >= 15 is 0 Å². The van der Waals surface area contributed by atoms with Gasteiger partial charge in [-0.05, 0) is 30.4 Å². The highest BCUT2D eigenvalue weighted by Gasteiger charge is 2.45. The standard InChI is InChI=1S/C15H18N2O2/c16-11-5-1-2-6-12(11)17-13(18)9-15(10-14(17)19)7-3-4-8-15/h1-2,5-6H,3-4,7-10,16H2. The molecule has 19 heavy (non-hydrogen) atoms. The number of anilines is 2. The Bertz CT molecular complexity index is 513. The van der Waals surface area contributed by atoms with Crippen LogP contribution in [0.25, 0.3) is 0 Å². The van der Waals surface area contributed by atoms with E-state index < -0.39 is 0 Å². The average molecular weight is 258 g/mol. The zero-order chi connectivity index (χ0) is 13.5. The summed E-state index contributed by atoms with van der Waals surface area (Å²) in [6.07, 6.45) is 5.23. The Morgan fingerprint density at radius 2 is 1.58 bits per heavy atom. The van der Waals surface area contributed by atoms with E-state index in [2.05, 4.69) is 0 Å². The Morgan fingerprint density at radius 1 is 1.00 bits per heavy atom. The number of benzene rings is 1. The fraction of sp³-hybridized carbons (Fsp3) is 0.467. The van der Waals surface area contributed by atoms with Crippen LogP contribution in [0.4, 0.5) is 11.4 Å². The van der Waals surface area contributed by atoms with E-state index in [-0.39, 0.29) is 17.2 Å². The van der Waals surface area contributed by atoms with Crippen molar-refractivity contribution in [3.8, 4) is 0 Å². The molecule has 1 aromatic rings. The largest absolute Gasteiger partial charge is 0.397 e. The van der Waals surface area contributed by atoms with Crippen LogP contribution in [-0.2, 0) is 9.59 Å². The molecule has 2 fully saturated rings. The van der Waals surface area contributed by atoms with Crippen LogP contribution in [-0.4, -0.2) is 11.8 Å². The molecule has 1 heterocycles. The van der Waals surface area contributed by atoms with Crippen molar-refractivity contribution in [1.82, 2.24) is 0 Å². The minimum absolute atomic E-state index is 0.0613. The van der Waals surface area contributed by atoms with Crippen LogP contribution in [0.5, 0.6) is 0 Å². The van der Waals surface area contributed by atoms with Gasteiger partial charge in [0.05, 0.1) is 11.4 Å². The van der Waals surface area contributed by atoms with Gasteiger partial charge < -0.3 is 5.73 Å². The van der Waals surface area contributed by atoms with Crippen LogP contribution in [0.2, 0.25) is 0 Å². The van der Waals surface area contributed by atoms with Crippen LogP contribution in [0.3, 0.4) is 0 Å². The molecule has 1 aromatic carbocycles. The summed E-state index contributed by atoms with van der Waals surface area (Å²) >= 11 is 0. The molecule has 3 rings (SSSR count). The van der Waals surface area contributed by atoms with E-state index in [4.69, 9.17) is 5.73 Å². The fourth-order valence-electron chi connectivity index (χ4n) is 3.44. The van der Waals surface area contributed by atoms with Gasteiger partial charge in [0.1, 0.15) is 0 Å². The highest BCUT2D eigenvalue weighted by atomic mass is 16.2. The molecular weight excluding hydrogens is 240 g/mol. The number of carbonyl (C=O) groups is 2. The van der Waals surface area contributed by atoms with E-state index in [1.165, 1.54) is 4.90 Å². The quantitative estimate of drug-likeness (QED) is 0.621. The highest BCUT2D eigenvalue weighted by molar-refractivity contribution is 6.18. The Balaban J connectivity index is 1.91. The number of hydrogen-bond acceptors (Lipinski definition) is 3. The summed E-state index contributed by atoms with van der Waals surface area (Å²) < 4.78 is 0. The number of nitrogens with zero attached hydrogens (tertiary/aromatic N) is 1. The Hall–Kier alpha value is -1.84. The van der Waals surface area contributed by atoms with Crippen molar-refractivity contribution in [2.45, 2.75) is 38.5 Å². The summed E-state index contributed by atoms with van der Waals surface area (Å²) in [5.41, 5.74) is 6.82. The molecule has 0 bridgehead atoms. The van der Waals surface area contributed by atoms with Gasteiger partial charge in [0.25, 0.3) is 0 Å². The van der Waals surface area contributed by atoms with Gasteiger partial charge >= 0.3 is 0 Å². The zero-order valence-corrected chi connectivity index (χ0v) is 10.9. The van der Waals surface area contributed by atoms with Gasteiger partial charge in [-0.15, -0.1) is 0 Å². The number of nitrogen functional groups attached to an aromatic ring is 1. The first kappa shape index (κ1) is 12.2. The third-order valence-electron chi connectivity index (χ3n) is 4.39. The number of amides is 2. The maximum Gasteiger partial charge on any atom is 0.234 e. The number of imide groups is 1. The molecule has 0 unspecified atom stereocenters. The molecule has 100 valence electrons. The lowest BCUT2D eigenvalue weighted by atomic mass is 9.76. The molecule has 2 aliphatic rings. The number of rotatable bonds is 1. The lowest BCUT2D eigenvalue weighted by Crippen LogP contribution is -2.47. The van der Waals surface area contributed by atoms with Crippen LogP contribution in [0.1, 0.15) is 38.5 Å². The minimum Gasteiger partial charge on any atom is -0.397 e. The van der Waals surface area contributed by atoms with Crippen molar-refractivity contribution in [2.75, 3.05) is 10.6 Å². The Labute approximate surface area is 112 Å². The first-order valence-corrected chi connectivity index (χ1v) is 6.82. The van der Waals surface area contributed by atoms with Crippen molar-refractivity contribution in [1.29, 1.82) is 0 Å². The van der Waals surface area contributed by atoms with Gasteiger partial charge in [0, 0.05) is 12.8 Å². The Kier molecular flexibility index (Phi) is 2.81. The normalized spacial score (nSPS) is 22.2. The smallest absolute Gasteiger partial charge is 0.234 e. The van der Waals surface area contributed by atoms with Crippen molar-refractivity contribution in [2.24, 2.45) is 5.41 Å². The van der Waals surface area contributed by atoms with Gasteiger partial charge in [-0.25, -0.2) is 4.90 Å². The third-order valence-corrected chi connectivity index (χ3v) is 4.39. The molecule has 0 aromatic heterocycles. The van der Waals surface area contributed by atoms with Crippen molar-refractivity contribution < 1.29 is 9.59 Å². The maximum absolute atomic E-state index is 12.4. The summed E-state index contributed by atoms with van der Waals surface area (Å²) in [6, 6.07) is 7.05. The molecule has 1 aliphatic carbocycles. The first-order chi connectivity index (χ1) is 9.11. The first-order valence-electron chi connectivity index (χ1n) is 6.82. The van der Waals surface area contributed by atoms with Crippen LogP contribution in [0.15, 0.2) is 24.3 Å². The number of carbonyl (C=O) groups excluding carboxylic acids is 2. The SMILES string of the molecule is Nc1ccccc1N1C(=O)CC2(CCCC2)CC1=O. The second-order valence-electron chi connectivity index (χ2n) is 5.74. The molecule has 4 nitrogen and oxygen atoms in total. The predicted molar refractivity (Wildman–Crippen MR) is 73.5 cm³/mol. The highest BCUT2D eigenvalue weighted by Crippen LogP contribution is 2.47. The summed E-state index contributed by atoms with van der Waals surface area (Å²) in [5.74, 6) is -0.202. The topological polar surface area (TPSA) is 63.4 Å². The lowest BCUT2D eigenvalue weighted by molar-refractivity contribution is -0.133. The molecule has 2 N–H and O–H groups in total. The molecule has 1 saturated carbocycles. The minimum atomic E-state index is -0.101. The molecule has 0 atom stereocenters. The zero-order valence-electron chi connectivity index (χ0n) is 10.9. The van der Waals surface area contributed by atoms with Gasteiger partial charge in [0.15, 0.2) is 0 Å². The van der Waals surface area contributed by atoms with Gasteiger partial charge in [-0.3, -0.25) is 9.59 Å². The number of nitrogens with two attached hydrogens (primary N) is 1. The second-order valence-corrected chi connectivity index (χ2v) is 5.74. The van der Waals surface area contributed by atoms with E-state index in [1.807, 2.05) is 0 Å². The number of piperidine rings is 1. The molecule has 1 saturated heterocycles. The predicted octanol–water partition coefficient (Wildman–Crippen LogP) is 2.48. The fourth-order valence-corrected chi connectivity index (χ4v) is 3.44. The molecule has 0 radical (unpaired) electrons. The van der Waals surface area contributed by atoms with Crippen molar-refractivity contribution in [3.05, 3.63) is 24.3 Å². The van der Waals surface area contributed by atoms with Gasteiger partial charge in [-0.1, -0.05) is 25.0 Å². The van der Waals surface area contributed by atoms with Gasteiger partial charge in [0.2, 0.25) is 11.8 Å². The van der Waals surface area contributed by atoms with Gasteiger partial charge in [-0.2, -0.15) is 0 Å². The molecule has 1 spiro atoms. The molecule has 2 amide bonds. The lowest BCUT2D eigenvalue weighted by Gasteiger charge is -2.37. The van der Waals surface area contributed by atoms with Crippen LogP contribution < -0.4 is 10.6 Å². The monoisotopic (exact) mass is 258 g/mol. The summed E-state index contributed by atoms with van der Waals surface area (Å²) in [6.45, 7) is 0. The third kappa shape index (κ3) is 2.01. The number of hydrogen-bond donors (Lipinski definition) is 1. The second kappa shape index (κ2) is 4.37. The van der Waals surface area contributed by atoms with Crippen LogP contribution >= 0.6 is 0 Å². The average Bonchev–Trinajstić information content (AvgIpc) is 2.78. The summed E-state index contributed by atoms with van der Waals surface area (Å²) in [4.78, 5) is 26.0. The van der Waals surface area contributed by atoms with E-state index in [9.17, 15) is 9.59 Å². The van der Waals surface area contributed by atoms with Crippen LogP contribution in [0, 0.1) is 5.41 Å². The van der Waals surface area contributed by atoms with Crippen molar-refractivity contribution >= 4 is 23.2 Å². The molecular formula is C15H18N2O2. The molecule has 1 aliphatic heterocycles. The van der Waals surface area contributed by atoms with E-state index in [0.29, 0.717) is 24.2 Å². The Morgan fingerprint density at radius 3 is 2.16 bits per heavy atom. The van der Waals surface area contributed by atoms with E-state index in [1.54, 1.807) is 24.3 Å². The summed E-state index contributed by atoms with van der Waals surface area (Å²) in [7, 11) is 0. The van der Waals surface area contributed by atoms with Crippen molar-refractivity contribution in [3.63, 3.8) is 0 Å². The van der Waals surface area contributed by atoms with E-state index in [0.717, 1.165) is 25.7 Å². The maximum atomic E-state index is 12.4. The summed E-state index contributed by atoms with van der Waals surface area (Å²) in [5, 5.41) is 0.